The Balaban J connectivity index is 1.52. The third-order valence-corrected chi connectivity index (χ3v) is 5.51. The van der Waals surface area contributed by atoms with Crippen LogP contribution in [0.15, 0.2) is 71.7 Å². The molecule has 0 unspecified atom stereocenters. The third kappa shape index (κ3) is 4.22. The summed E-state index contributed by atoms with van der Waals surface area (Å²) in [5, 5.41) is 0. The minimum Gasteiger partial charge on any atom is -0.367 e. The predicted octanol–water partition coefficient (Wildman–Crippen LogP) is 3.14. The van der Waals surface area contributed by atoms with E-state index in [1.807, 2.05) is 31.5 Å². The molecule has 0 aromatic carbocycles. The van der Waals surface area contributed by atoms with Crippen molar-refractivity contribution in [3.8, 4) is 0 Å². The molecule has 0 saturated heterocycles. The summed E-state index contributed by atoms with van der Waals surface area (Å²) in [7, 11) is 1.73. The Morgan fingerprint density at radius 1 is 1.20 bits per heavy atom. The number of hydrogen-bond donors (Lipinski definition) is 0. The van der Waals surface area contributed by atoms with E-state index >= 15 is 0 Å². The van der Waals surface area contributed by atoms with Crippen molar-refractivity contribution in [2.45, 2.75) is 26.3 Å². The van der Waals surface area contributed by atoms with Gasteiger partial charge in [-0.3, -0.25) is 19.3 Å². The molecule has 0 radical (unpaired) electrons. The van der Waals surface area contributed by atoms with Crippen LogP contribution in [0.4, 0.5) is 0 Å². The predicted molar refractivity (Wildman–Crippen MR) is 118 cm³/mol. The molecule has 30 heavy (non-hydrogen) atoms. The monoisotopic (exact) mass is 399 g/mol. The van der Waals surface area contributed by atoms with Gasteiger partial charge in [0.1, 0.15) is 5.82 Å². The summed E-state index contributed by atoms with van der Waals surface area (Å²) in [5.41, 5.74) is 6.61. The van der Waals surface area contributed by atoms with Crippen LogP contribution in [0.2, 0.25) is 0 Å². The van der Waals surface area contributed by atoms with Gasteiger partial charge in [0.2, 0.25) is 0 Å². The van der Waals surface area contributed by atoms with Crippen molar-refractivity contribution in [3.63, 3.8) is 0 Å². The van der Waals surface area contributed by atoms with Crippen LogP contribution in [-0.2, 0) is 26.4 Å². The van der Waals surface area contributed by atoms with Crippen molar-refractivity contribution in [1.82, 2.24) is 24.4 Å². The van der Waals surface area contributed by atoms with E-state index in [1.54, 1.807) is 13.2 Å². The number of hydrogen-bond acceptors (Lipinski definition) is 5. The van der Waals surface area contributed by atoms with Crippen LogP contribution in [0.25, 0.3) is 6.08 Å². The SMILES string of the molecule is C=C(/C(C)=C\c1nccc(=O)n1C)N1CCc2ncc(Cc3cccnc3)cc2C1. The molecule has 0 aliphatic carbocycles. The van der Waals surface area contributed by atoms with Gasteiger partial charge in [0.05, 0.1) is 0 Å². The zero-order valence-corrected chi connectivity index (χ0v) is 17.4. The van der Waals surface area contributed by atoms with Gasteiger partial charge in [0, 0.05) is 75.2 Å². The molecule has 4 rings (SSSR count). The third-order valence-electron chi connectivity index (χ3n) is 5.51. The highest BCUT2D eigenvalue weighted by molar-refractivity contribution is 5.51. The standard InChI is InChI=1S/C24H25N5O/c1-17(11-23-26-9-6-24(30)28(23)3)18(2)29-10-7-22-21(16-29)13-20(15-27-22)12-19-5-4-8-25-14-19/h4-6,8-9,11,13-15H,2,7,10,12,16H2,1,3H3/b17-11-. The first kappa shape index (κ1) is 19.8. The van der Waals surface area contributed by atoms with E-state index in [2.05, 4.69) is 33.6 Å². The van der Waals surface area contributed by atoms with Crippen molar-refractivity contribution in [2.24, 2.45) is 7.05 Å². The Hall–Kier alpha value is -3.54. The lowest BCUT2D eigenvalue weighted by atomic mass is 10.00. The highest BCUT2D eigenvalue weighted by Crippen LogP contribution is 2.25. The maximum Gasteiger partial charge on any atom is 0.253 e. The van der Waals surface area contributed by atoms with Crippen LogP contribution in [0, 0.1) is 0 Å². The summed E-state index contributed by atoms with van der Waals surface area (Å²) in [6.07, 6.45) is 10.8. The van der Waals surface area contributed by atoms with Gasteiger partial charge in [-0.25, -0.2) is 4.98 Å². The molecule has 0 bridgehead atoms. The molecule has 1 aliphatic rings. The van der Waals surface area contributed by atoms with Gasteiger partial charge in [-0.05, 0) is 41.3 Å². The lowest BCUT2D eigenvalue weighted by molar-refractivity contribution is 0.326. The second kappa shape index (κ2) is 8.45. The summed E-state index contributed by atoms with van der Waals surface area (Å²) >= 11 is 0. The summed E-state index contributed by atoms with van der Waals surface area (Å²) in [4.78, 5) is 27.3. The first-order valence-corrected chi connectivity index (χ1v) is 10.0. The average Bonchev–Trinajstić information content (AvgIpc) is 2.76. The van der Waals surface area contributed by atoms with Crippen LogP contribution in [0.1, 0.15) is 35.1 Å². The van der Waals surface area contributed by atoms with Crippen LogP contribution >= 0.6 is 0 Å². The van der Waals surface area contributed by atoms with Gasteiger partial charge in [-0.1, -0.05) is 18.7 Å². The topological polar surface area (TPSA) is 63.9 Å². The first-order valence-electron chi connectivity index (χ1n) is 10.0. The average molecular weight is 399 g/mol. The summed E-state index contributed by atoms with van der Waals surface area (Å²) in [5.74, 6) is 0.624. The first-order chi connectivity index (χ1) is 14.5. The molecule has 0 amide bonds. The quantitative estimate of drug-likeness (QED) is 0.617. The lowest BCUT2D eigenvalue weighted by Gasteiger charge is -2.32. The Morgan fingerprint density at radius 3 is 2.87 bits per heavy atom. The molecule has 6 heteroatoms. The molecule has 0 N–H and O–H groups in total. The highest BCUT2D eigenvalue weighted by atomic mass is 16.1. The highest BCUT2D eigenvalue weighted by Gasteiger charge is 2.19. The van der Waals surface area contributed by atoms with E-state index < -0.39 is 0 Å². The number of pyridine rings is 2. The smallest absolute Gasteiger partial charge is 0.253 e. The van der Waals surface area contributed by atoms with Crippen molar-refractivity contribution >= 4 is 6.08 Å². The molecule has 0 fully saturated rings. The number of fused-ring (bicyclic) bond motifs is 1. The molecule has 3 aromatic rings. The minimum atomic E-state index is -0.0752. The van der Waals surface area contributed by atoms with Crippen molar-refractivity contribution in [1.29, 1.82) is 0 Å². The molecule has 1 aliphatic heterocycles. The van der Waals surface area contributed by atoms with Crippen LogP contribution in [0.5, 0.6) is 0 Å². The molecule has 0 spiro atoms. The van der Waals surface area contributed by atoms with Gasteiger partial charge in [0.15, 0.2) is 0 Å². The number of aromatic nitrogens is 4. The Bertz CT molecular complexity index is 1160. The van der Waals surface area contributed by atoms with Crippen molar-refractivity contribution in [2.75, 3.05) is 6.54 Å². The fourth-order valence-electron chi connectivity index (χ4n) is 3.69. The maximum atomic E-state index is 11.8. The van der Waals surface area contributed by atoms with Gasteiger partial charge < -0.3 is 4.90 Å². The second-order valence-corrected chi connectivity index (χ2v) is 7.63. The second-order valence-electron chi connectivity index (χ2n) is 7.63. The number of allylic oxidation sites excluding steroid dienone is 1. The van der Waals surface area contributed by atoms with Crippen molar-refractivity contribution in [3.05, 3.63) is 105 Å². The molecular weight excluding hydrogens is 374 g/mol. The van der Waals surface area contributed by atoms with E-state index in [0.29, 0.717) is 5.82 Å². The molecule has 6 nitrogen and oxygen atoms in total. The van der Waals surface area contributed by atoms with E-state index in [-0.39, 0.29) is 5.56 Å². The Labute approximate surface area is 176 Å². The van der Waals surface area contributed by atoms with Gasteiger partial charge in [-0.15, -0.1) is 0 Å². The van der Waals surface area contributed by atoms with Crippen LogP contribution < -0.4 is 5.56 Å². The normalized spacial score (nSPS) is 13.8. The molecule has 4 heterocycles. The van der Waals surface area contributed by atoms with E-state index in [0.717, 1.165) is 42.9 Å². The van der Waals surface area contributed by atoms with Crippen molar-refractivity contribution < 1.29 is 0 Å². The summed E-state index contributed by atoms with van der Waals surface area (Å²) in [6, 6.07) is 7.74. The molecule has 3 aromatic heterocycles. The van der Waals surface area contributed by atoms with E-state index in [1.165, 1.54) is 33.5 Å². The number of rotatable bonds is 5. The molecule has 0 atom stereocenters. The van der Waals surface area contributed by atoms with E-state index in [4.69, 9.17) is 4.98 Å². The maximum absolute atomic E-state index is 11.8. The zero-order valence-electron chi connectivity index (χ0n) is 17.4. The zero-order chi connectivity index (χ0) is 21.1. The van der Waals surface area contributed by atoms with Crippen LogP contribution in [0.3, 0.4) is 0 Å². The Morgan fingerprint density at radius 2 is 2.07 bits per heavy atom. The van der Waals surface area contributed by atoms with Gasteiger partial charge in [0.25, 0.3) is 5.56 Å². The van der Waals surface area contributed by atoms with E-state index in [9.17, 15) is 4.79 Å². The summed E-state index contributed by atoms with van der Waals surface area (Å²) in [6.45, 7) is 7.95. The number of nitrogens with zero attached hydrogens (tertiary/aromatic N) is 5. The summed E-state index contributed by atoms with van der Waals surface area (Å²) < 4.78 is 1.54. The largest absolute Gasteiger partial charge is 0.367 e. The lowest BCUT2D eigenvalue weighted by Crippen LogP contribution is -2.30. The Kier molecular flexibility index (Phi) is 5.57. The van der Waals surface area contributed by atoms with Gasteiger partial charge in [-0.2, -0.15) is 0 Å². The fourth-order valence-corrected chi connectivity index (χ4v) is 3.69. The molecule has 0 saturated carbocycles. The molecule has 152 valence electrons. The minimum absolute atomic E-state index is 0.0752. The fraction of sp³-hybridized carbons (Fsp3) is 0.250. The van der Waals surface area contributed by atoms with Gasteiger partial charge >= 0.3 is 0 Å². The molecular formula is C24H25N5O. The van der Waals surface area contributed by atoms with Crippen LogP contribution in [-0.4, -0.2) is 31.0 Å².